The van der Waals surface area contributed by atoms with Crippen molar-refractivity contribution in [3.05, 3.63) is 28.0 Å². The molecule has 0 fully saturated rings. The molecule has 0 radical (unpaired) electrons. The number of halogens is 3. The fraction of sp³-hybridized carbons (Fsp3) is 0.222. The average Bonchev–Trinajstić information content (AvgIpc) is 2.14. The lowest BCUT2D eigenvalue weighted by Crippen LogP contribution is -2.27. The summed E-state index contributed by atoms with van der Waals surface area (Å²) in [6.45, 7) is 2.62. The van der Waals surface area contributed by atoms with Crippen LogP contribution in [0.4, 0.5) is 10.1 Å². The Morgan fingerprint density at radius 3 is 2.40 bits per heavy atom. The van der Waals surface area contributed by atoms with Gasteiger partial charge in [-0.05, 0) is 31.3 Å². The largest absolute Gasteiger partial charge is 0.363 e. The molecule has 2 nitrogen and oxygen atoms in total. The fourth-order valence-corrected chi connectivity index (χ4v) is 1.71. The molecule has 0 unspecified atom stereocenters. The highest BCUT2D eigenvalue weighted by atomic mass is 35.5. The van der Waals surface area contributed by atoms with Gasteiger partial charge in [0.15, 0.2) is 10.9 Å². The van der Waals surface area contributed by atoms with E-state index in [-0.39, 0.29) is 10.0 Å². The maximum Gasteiger partial charge on any atom is 0.170 e. The summed E-state index contributed by atoms with van der Waals surface area (Å²) in [6, 6.07) is 2.85. The van der Waals surface area contributed by atoms with Crippen LogP contribution in [0.25, 0.3) is 0 Å². The summed E-state index contributed by atoms with van der Waals surface area (Å²) in [5.41, 5.74) is 0.553. The van der Waals surface area contributed by atoms with E-state index in [0.29, 0.717) is 17.3 Å². The van der Waals surface area contributed by atoms with Crippen molar-refractivity contribution in [3.8, 4) is 0 Å². The molecule has 0 aliphatic heterocycles. The fourth-order valence-electron chi connectivity index (χ4n) is 0.964. The number of rotatable bonds is 2. The van der Waals surface area contributed by atoms with E-state index in [1.807, 2.05) is 6.92 Å². The molecule has 0 aliphatic carbocycles. The Bertz CT molecular complexity index is 361. The monoisotopic (exact) mass is 266 g/mol. The van der Waals surface area contributed by atoms with Crippen LogP contribution >= 0.6 is 35.4 Å². The summed E-state index contributed by atoms with van der Waals surface area (Å²) < 4.78 is 13.1. The molecule has 6 heteroatoms. The van der Waals surface area contributed by atoms with Crippen LogP contribution in [0.2, 0.25) is 10.0 Å². The van der Waals surface area contributed by atoms with E-state index in [1.54, 1.807) is 0 Å². The zero-order chi connectivity index (χ0) is 11.4. The molecule has 0 bridgehead atoms. The van der Waals surface area contributed by atoms with Gasteiger partial charge in [0.1, 0.15) is 0 Å². The van der Waals surface area contributed by atoms with Gasteiger partial charge in [-0.1, -0.05) is 23.2 Å². The van der Waals surface area contributed by atoms with E-state index in [9.17, 15) is 4.39 Å². The van der Waals surface area contributed by atoms with Crippen molar-refractivity contribution in [3.63, 3.8) is 0 Å². The van der Waals surface area contributed by atoms with Gasteiger partial charge in [0.05, 0.1) is 10.0 Å². The minimum Gasteiger partial charge on any atom is -0.363 e. The number of nitrogens with one attached hydrogen (secondary N) is 2. The normalized spacial score (nSPS) is 9.87. The van der Waals surface area contributed by atoms with Crippen LogP contribution in [0, 0.1) is 5.82 Å². The van der Waals surface area contributed by atoms with Crippen LogP contribution in [-0.2, 0) is 0 Å². The van der Waals surface area contributed by atoms with Crippen molar-refractivity contribution >= 4 is 46.2 Å². The maximum atomic E-state index is 13.1. The summed E-state index contributed by atoms with van der Waals surface area (Å²) in [6.07, 6.45) is 0. The molecule has 0 saturated carbocycles. The Balaban J connectivity index is 2.83. The summed E-state index contributed by atoms with van der Waals surface area (Å²) in [4.78, 5) is 0. The molecule has 0 atom stereocenters. The minimum atomic E-state index is -0.627. The third kappa shape index (κ3) is 3.48. The van der Waals surface area contributed by atoms with Crippen LogP contribution in [0.5, 0.6) is 0 Å². The van der Waals surface area contributed by atoms with Gasteiger partial charge in [-0.2, -0.15) is 0 Å². The number of benzene rings is 1. The summed E-state index contributed by atoms with van der Waals surface area (Å²) in [5, 5.41) is 6.09. The molecule has 2 N–H and O–H groups in total. The number of thiocarbonyl (C=S) groups is 1. The van der Waals surface area contributed by atoms with Crippen LogP contribution < -0.4 is 10.6 Å². The Hall–Kier alpha value is -0.580. The van der Waals surface area contributed by atoms with Crippen molar-refractivity contribution < 1.29 is 4.39 Å². The van der Waals surface area contributed by atoms with Crippen LogP contribution in [0.3, 0.4) is 0 Å². The minimum absolute atomic E-state index is 0.0377. The predicted octanol–water partition coefficient (Wildman–Crippen LogP) is 3.44. The molecule has 0 heterocycles. The molecule has 0 spiro atoms. The summed E-state index contributed by atoms with van der Waals surface area (Å²) in [5.74, 6) is -0.627. The number of hydrogen-bond acceptors (Lipinski definition) is 1. The van der Waals surface area contributed by atoms with Crippen molar-refractivity contribution in [1.29, 1.82) is 0 Å². The summed E-state index contributed by atoms with van der Waals surface area (Å²) >= 11 is 16.2. The first kappa shape index (κ1) is 12.5. The van der Waals surface area contributed by atoms with Crippen molar-refractivity contribution in [2.24, 2.45) is 0 Å². The Kier molecular flexibility index (Phi) is 4.57. The molecule has 0 aromatic heterocycles. The SMILES string of the molecule is CCNC(=S)Nc1cc(Cl)c(F)c(Cl)c1. The quantitative estimate of drug-likeness (QED) is 0.634. The van der Waals surface area contributed by atoms with Gasteiger partial charge in [0.2, 0.25) is 0 Å². The average molecular weight is 267 g/mol. The van der Waals surface area contributed by atoms with Gasteiger partial charge in [-0.3, -0.25) is 0 Å². The van der Waals surface area contributed by atoms with Gasteiger partial charge < -0.3 is 10.6 Å². The first-order valence-electron chi connectivity index (χ1n) is 4.24. The van der Waals surface area contributed by atoms with Crippen molar-refractivity contribution in [2.45, 2.75) is 6.92 Å². The summed E-state index contributed by atoms with van der Waals surface area (Å²) in [7, 11) is 0. The second-order valence-corrected chi connectivity index (χ2v) is 3.96. The maximum absolute atomic E-state index is 13.1. The van der Waals surface area contributed by atoms with Crippen molar-refractivity contribution in [2.75, 3.05) is 11.9 Å². The van der Waals surface area contributed by atoms with E-state index in [0.717, 1.165) is 0 Å². The lowest BCUT2D eigenvalue weighted by atomic mass is 10.3. The van der Waals surface area contributed by atoms with Gasteiger partial charge in [-0.25, -0.2) is 4.39 Å². The second-order valence-electron chi connectivity index (χ2n) is 2.74. The molecule has 82 valence electrons. The van der Waals surface area contributed by atoms with Gasteiger partial charge in [-0.15, -0.1) is 0 Å². The third-order valence-electron chi connectivity index (χ3n) is 1.58. The van der Waals surface area contributed by atoms with E-state index in [2.05, 4.69) is 10.6 Å². The van der Waals surface area contributed by atoms with Crippen LogP contribution in [0.15, 0.2) is 12.1 Å². The second kappa shape index (κ2) is 5.49. The van der Waals surface area contributed by atoms with Crippen LogP contribution in [0.1, 0.15) is 6.92 Å². The molecule has 0 aliphatic rings. The predicted molar refractivity (Wildman–Crippen MR) is 66.3 cm³/mol. The first-order valence-corrected chi connectivity index (χ1v) is 5.40. The first-order chi connectivity index (χ1) is 7.04. The van der Waals surface area contributed by atoms with Gasteiger partial charge >= 0.3 is 0 Å². The van der Waals surface area contributed by atoms with E-state index in [4.69, 9.17) is 35.4 Å². The Morgan fingerprint density at radius 2 is 1.93 bits per heavy atom. The molecule has 15 heavy (non-hydrogen) atoms. The molecule has 0 saturated heterocycles. The molecule has 1 aromatic rings. The highest BCUT2D eigenvalue weighted by Crippen LogP contribution is 2.27. The highest BCUT2D eigenvalue weighted by molar-refractivity contribution is 7.80. The van der Waals surface area contributed by atoms with Gasteiger partial charge in [0.25, 0.3) is 0 Å². The molecule has 1 rings (SSSR count). The van der Waals surface area contributed by atoms with E-state index >= 15 is 0 Å². The molecular formula is C9H9Cl2FN2S. The lowest BCUT2D eigenvalue weighted by Gasteiger charge is -2.09. The lowest BCUT2D eigenvalue weighted by molar-refractivity contribution is 0.629. The zero-order valence-corrected chi connectivity index (χ0v) is 10.2. The van der Waals surface area contributed by atoms with Crippen LogP contribution in [-0.4, -0.2) is 11.7 Å². The smallest absolute Gasteiger partial charge is 0.170 e. The Morgan fingerprint density at radius 1 is 1.40 bits per heavy atom. The molecule has 0 amide bonds. The zero-order valence-electron chi connectivity index (χ0n) is 7.90. The highest BCUT2D eigenvalue weighted by Gasteiger charge is 2.07. The molecular weight excluding hydrogens is 258 g/mol. The number of anilines is 1. The van der Waals surface area contributed by atoms with Crippen molar-refractivity contribution in [1.82, 2.24) is 5.32 Å². The van der Waals surface area contributed by atoms with E-state index < -0.39 is 5.82 Å². The molecule has 1 aromatic carbocycles. The number of hydrogen-bond donors (Lipinski definition) is 2. The standard InChI is InChI=1S/C9H9Cl2FN2S/c1-2-13-9(15)14-5-3-6(10)8(12)7(11)4-5/h3-4H,2H2,1H3,(H2,13,14,15). The topological polar surface area (TPSA) is 24.1 Å². The Labute approximate surface area is 103 Å². The van der Waals surface area contributed by atoms with E-state index in [1.165, 1.54) is 12.1 Å². The third-order valence-corrected chi connectivity index (χ3v) is 2.38. The van der Waals surface area contributed by atoms with Gasteiger partial charge in [0, 0.05) is 12.2 Å².